The summed E-state index contributed by atoms with van der Waals surface area (Å²) in [5.74, 6) is 2.80. The summed E-state index contributed by atoms with van der Waals surface area (Å²) < 4.78 is 2.21. The molecule has 1 aliphatic heterocycles. The van der Waals surface area contributed by atoms with Gasteiger partial charge in [-0.25, -0.2) is 0 Å². The van der Waals surface area contributed by atoms with Gasteiger partial charge in [0.15, 0.2) is 11.8 Å². The number of pyridine rings is 1. The van der Waals surface area contributed by atoms with Crippen molar-refractivity contribution in [2.24, 2.45) is 4.99 Å². The summed E-state index contributed by atoms with van der Waals surface area (Å²) in [7, 11) is 1.76. The molecule has 0 spiro atoms. The third kappa shape index (κ3) is 3.41. The van der Waals surface area contributed by atoms with Gasteiger partial charge < -0.3 is 15.2 Å². The van der Waals surface area contributed by atoms with E-state index >= 15 is 0 Å². The van der Waals surface area contributed by atoms with E-state index in [0.29, 0.717) is 13.1 Å². The van der Waals surface area contributed by atoms with Gasteiger partial charge in [-0.05, 0) is 25.0 Å². The van der Waals surface area contributed by atoms with Crippen LogP contribution in [0.5, 0.6) is 0 Å². The van der Waals surface area contributed by atoms with Crippen LogP contribution in [0, 0.1) is 0 Å². The molecule has 116 valence electrons. The number of hydrogen-bond donors (Lipinski definition) is 2. The Hall–Kier alpha value is -2.44. The number of guanidine groups is 1. The molecule has 2 aromatic rings. The van der Waals surface area contributed by atoms with Crippen molar-refractivity contribution in [3.8, 4) is 0 Å². The molecule has 0 bridgehead atoms. The van der Waals surface area contributed by atoms with Gasteiger partial charge in [0.05, 0.1) is 18.8 Å². The lowest BCUT2D eigenvalue weighted by molar-refractivity contribution is 0.504. The van der Waals surface area contributed by atoms with Crippen LogP contribution in [0.1, 0.15) is 30.2 Å². The summed E-state index contributed by atoms with van der Waals surface area (Å²) in [6.07, 6.45) is 5.22. The molecule has 2 N–H and O–H groups in total. The molecule has 0 aromatic carbocycles. The molecule has 7 nitrogen and oxygen atoms in total. The first-order valence-corrected chi connectivity index (χ1v) is 7.62. The topological polar surface area (TPSA) is 80.0 Å². The van der Waals surface area contributed by atoms with Crippen LogP contribution in [-0.2, 0) is 26.1 Å². The van der Waals surface area contributed by atoms with E-state index in [1.54, 1.807) is 13.2 Å². The van der Waals surface area contributed by atoms with Crippen LogP contribution in [0.4, 0.5) is 0 Å². The fourth-order valence-electron chi connectivity index (χ4n) is 2.56. The maximum absolute atomic E-state index is 4.28. The van der Waals surface area contributed by atoms with Crippen LogP contribution in [0.3, 0.4) is 0 Å². The lowest BCUT2D eigenvalue weighted by Crippen LogP contribution is -2.37. The Kier molecular flexibility index (Phi) is 4.62. The van der Waals surface area contributed by atoms with E-state index in [1.165, 1.54) is 12.8 Å². The van der Waals surface area contributed by atoms with Crippen LogP contribution in [0.25, 0.3) is 0 Å². The molecule has 3 rings (SSSR count). The first kappa shape index (κ1) is 14.5. The third-order valence-corrected chi connectivity index (χ3v) is 3.74. The van der Waals surface area contributed by atoms with Crippen LogP contribution in [0.2, 0.25) is 0 Å². The lowest BCUT2D eigenvalue weighted by Gasteiger charge is -2.16. The molecule has 0 saturated carbocycles. The van der Waals surface area contributed by atoms with E-state index in [-0.39, 0.29) is 0 Å². The molecule has 0 atom stereocenters. The quantitative estimate of drug-likeness (QED) is 0.647. The molecule has 0 saturated heterocycles. The van der Waals surface area contributed by atoms with Crippen molar-refractivity contribution in [1.29, 1.82) is 0 Å². The Morgan fingerprint density at radius 3 is 2.95 bits per heavy atom. The summed E-state index contributed by atoms with van der Waals surface area (Å²) in [6.45, 7) is 2.27. The lowest BCUT2D eigenvalue weighted by atomic mass is 10.2. The second-order valence-electron chi connectivity index (χ2n) is 5.24. The molecule has 0 fully saturated rings. The normalized spacial score (nSPS) is 14.5. The van der Waals surface area contributed by atoms with Gasteiger partial charge in [-0.15, -0.1) is 10.2 Å². The zero-order valence-corrected chi connectivity index (χ0v) is 12.8. The maximum Gasteiger partial charge on any atom is 0.191 e. The van der Waals surface area contributed by atoms with Gasteiger partial charge in [0.2, 0.25) is 0 Å². The van der Waals surface area contributed by atoms with E-state index in [0.717, 1.165) is 36.3 Å². The molecule has 7 heteroatoms. The Labute approximate surface area is 129 Å². The predicted octanol–water partition coefficient (Wildman–Crippen LogP) is 0.875. The molecule has 0 radical (unpaired) electrons. The summed E-state index contributed by atoms with van der Waals surface area (Å²) in [5, 5.41) is 15.1. The summed E-state index contributed by atoms with van der Waals surface area (Å²) in [6, 6.07) is 5.86. The van der Waals surface area contributed by atoms with E-state index in [4.69, 9.17) is 0 Å². The Bertz CT molecular complexity index is 633. The highest BCUT2D eigenvalue weighted by molar-refractivity contribution is 5.79. The second kappa shape index (κ2) is 7.02. The standard InChI is InChI=1S/C15H21N7/c1-16-15(18-10-12-6-2-4-8-17-12)19-11-14-21-20-13-7-3-5-9-22(13)14/h2,4,6,8H,3,5,7,9-11H2,1H3,(H2,16,18,19). The van der Waals surface area contributed by atoms with Crippen LogP contribution in [0.15, 0.2) is 29.4 Å². The average Bonchev–Trinajstić information content (AvgIpc) is 2.99. The zero-order chi connectivity index (χ0) is 15.2. The van der Waals surface area contributed by atoms with Crippen molar-refractivity contribution in [3.63, 3.8) is 0 Å². The first-order valence-electron chi connectivity index (χ1n) is 7.62. The van der Waals surface area contributed by atoms with Crippen LogP contribution < -0.4 is 10.6 Å². The van der Waals surface area contributed by atoms with E-state index < -0.39 is 0 Å². The second-order valence-corrected chi connectivity index (χ2v) is 5.24. The predicted molar refractivity (Wildman–Crippen MR) is 84.2 cm³/mol. The Morgan fingerprint density at radius 2 is 2.14 bits per heavy atom. The highest BCUT2D eigenvalue weighted by Crippen LogP contribution is 2.13. The first-order chi connectivity index (χ1) is 10.9. The maximum atomic E-state index is 4.28. The number of fused-ring (bicyclic) bond motifs is 1. The number of rotatable bonds is 4. The minimum atomic E-state index is 0.620. The van der Waals surface area contributed by atoms with Crippen molar-refractivity contribution < 1.29 is 0 Å². The molecule has 0 unspecified atom stereocenters. The number of aromatic nitrogens is 4. The minimum absolute atomic E-state index is 0.620. The van der Waals surface area contributed by atoms with E-state index in [2.05, 4.69) is 35.4 Å². The highest BCUT2D eigenvalue weighted by atomic mass is 15.3. The smallest absolute Gasteiger partial charge is 0.191 e. The van der Waals surface area contributed by atoms with Gasteiger partial charge in [-0.1, -0.05) is 6.07 Å². The number of aliphatic imine (C=N–C) groups is 1. The van der Waals surface area contributed by atoms with Gasteiger partial charge in [0, 0.05) is 26.2 Å². The molecular formula is C15H21N7. The van der Waals surface area contributed by atoms with Gasteiger partial charge in [0.1, 0.15) is 5.82 Å². The molecule has 0 amide bonds. The monoisotopic (exact) mass is 299 g/mol. The highest BCUT2D eigenvalue weighted by Gasteiger charge is 2.15. The van der Waals surface area contributed by atoms with Crippen LogP contribution in [-0.4, -0.2) is 32.8 Å². The average molecular weight is 299 g/mol. The molecule has 2 aromatic heterocycles. The van der Waals surface area contributed by atoms with Gasteiger partial charge in [0.25, 0.3) is 0 Å². The number of aryl methyl sites for hydroxylation is 1. The Balaban J connectivity index is 1.54. The largest absolute Gasteiger partial charge is 0.351 e. The van der Waals surface area contributed by atoms with Crippen molar-refractivity contribution in [2.75, 3.05) is 7.05 Å². The molecule has 3 heterocycles. The van der Waals surface area contributed by atoms with Gasteiger partial charge in [-0.3, -0.25) is 9.98 Å². The molecule has 1 aliphatic rings. The number of nitrogens with zero attached hydrogens (tertiary/aromatic N) is 5. The van der Waals surface area contributed by atoms with E-state index in [1.807, 2.05) is 18.2 Å². The number of nitrogens with one attached hydrogen (secondary N) is 2. The zero-order valence-electron chi connectivity index (χ0n) is 12.8. The fraction of sp³-hybridized carbons (Fsp3) is 0.467. The van der Waals surface area contributed by atoms with Crippen molar-refractivity contribution >= 4 is 5.96 Å². The summed E-state index contributed by atoms with van der Waals surface area (Å²) >= 11 is 0. The summed E-state index contributed by atoms with van der Waals surface area (Å²) in [4.78, 5) is 8.50. The van der Waals surface area contributed by atoms with Gasteiger partial charge >= 0.3 is 0 Å². The van der Waals surface area contributed by atoms with Crippen molar-refractivity contribution in [2.45, 2.75) is 38.9 Å². The number of hydrogen-bond acceptors (Lipinski definition) is 4. The third-order valence-electron chi connectivity index (χ3n) is 3.74. The molecule has 0 aliphatic carbocycles. The Morgan fingerprint density at radius 1 is 1.23 bits per heavy atom. The summed E-state index contributed by atoms with van der Waals surface area (Å²) in [5.41, 5.74) is 0.977. The molecule has 22 heavy (non-hydrogen) atoms. The van der Waals surface area contributed by atoms with Gasteiger partial charge in [-0.2, -0.15) is 0 Å². The van der Waals surface area contributed by atoms with Crippen molar-refractivity contribution in [1.82, 2.24) is 30.4 Å². The molecular weight excluding hydrogens is 278 g/mol. The van der Waals surface area contributed by atoms with Crippen molar-refractivity contribution in [3.05, 3.63) is 41.7 Å². The SMILES string of the molecule is CN=C(NCc1ccccn1)NCc1nnc2n1CCCC2. The minimum Gasteiger partial charge on any atom is -0.351 e. The van der Waals surface area contributed by atoms with Crippen LogP contribution >= 0.6 is 0 Å². The van der Waals surface area contributed by atoms with E-state index in [9.17, 15) is 0 Å². The fourth-order valence-corrected chi connectivity index (χ4v) is 2.56.